The minimum atomic E-state index is -4.41. The van der Waals surface area contributed by atoms with Crippen LogP contribution < -0.4 is 10.1 Å². The van der Waals surface area contributed by atoms with Crippen molar-refractivity contribution in [2.75, 3.05) is 53.0 Å². The first-order chi connectivity index (χ1) is 17.5. The molecule has 1 aliphatic heterocycles. The number of nitrogens with one attached hydrogen (secondary N) is 1. The number of alkyl halides is 3. The molecule has 2 unspecified atom stereocenters. The third kappa shape index (κ3) is 7.46. The number of piperazine rings is 1. The molecule has 1 N–H and O–H groups in total. The van der Waals surface area contributed by atoms with E-state index in [1.807, 2.05) is 6.07 Å². The zero-order chi connectivity index (χ0) is 27.2. The van der Waals surface area contributed by atoms with Gasteiger partial charge in [0, 0.05) is 57.5 Å². The Bertz CT molecular complexity index is 1040. The lowest BCUT2D eigenvalue weighted by atomic mass is 9.96. The lowest BCUT2D eigenvalue weighted by molar-refractivity contribution is -0.137. The van der Waals surface area contributed by atoms with E-state index in [2.05, 4.69) is 44.0 Å². The Morgan fingerprint density at radius 2 is 1.65 bits per heavy atom. The highest BCUT2D eigenvalue weighted by Crippen LogP contribution is 2.32. The van der Waals surface area contributed by atoms with Gasteiger partial charge in [-0.15, -0.1) is 0 Å². The Balaban J connectivity index is 1.55. The Morgan fingerprint density at radius 3 is 2.24 bits per heavy atom. The fourth-order valence-corrected chi connectivity index (χ4v) is 4.69. The standard InChI is InChI=1S/C28H38F3N3O3/c1-19(18-36-5)32-12-17-37-26-11-10-25(20(2)21(26)3)22(4)33-13-15-34(16-14-33)27(35)23-6-8-24(9-7-23)28(29,30)31/h6-11,19,22,32H,12-18H2,1-5H3. The van der Waals surface area contributed by atoms with Crippen LogP contribution in [-0.2, 0) is 10.9 Å². The summed E-state index contributed by atoms with van der Waals surface area (Å²) in [4.78, 5) is 16.9. The van der Waals surface area contributed by atoms with Gasteiger partial charge in [0.25, 0.3) is 5.91 Å². The van der Waals surface area contributed by atoms with E-state index in [1.54, 1.807) is 12.0 Å². The van der Waals surface area contributed by atoms with E-state index in [0.29, 0.717) is 39.4 Å². The smallest absolute Gasteiger partial charge is 0.416 e. The number of benzene rings is 2. The second kappa shape index (κ2) is 12.8. The average molecular weight is 522 g/mol. The van der Waals surface area contributed by atoms with Crippen LogP contribution >= 0.6 is 0 Å². The van der Waals surface area contributed by atoms with Gasteiger partial charge in [-0.05, 0) is 74.7 Å². The van der Waals surface area contributed by atoms with Crippen molar-refractivity contribution in [3.8, 4) is 5.75 Å². The zero-order valence-corrected chi connectivity index (χ0v) is 22.3. The van der Waals surface area contributed by atoms with Crippen LogP contribution in [-0.4, -0.2) is 74.8 Å². The average Bonchev–Trinajstić information content (AvgIpc) is 2.88. The summed E-state index contributed by atoms with van der Waals surface area (Å²) in [7, 11) is 1.69. The molecule has 37 heavy (non-hydrogen) atoms. The SMILES string of the molecule is COCC(C)NCCOc1ccc(C(C)N2CCN(C(=O)c3ccc(C(F)(F)F)cc3)CC2)c(C)c1C. The number of methoxy groups -OCH3 is 1. The second-order valence-corrected chi connectivity index (χ2v) is 9.64. The van der Waals surface area contributed by atoms with Gasteiger partial charge >= 0.3 is 6.18 Å². The predicted octanol–water partition coefficient (Wildman–Crippen LogP) is 4.84. The molecule has 3 rings (SSSR count). The molecule has 0 aromatic heterocycles. The molecule has 1 heterocycles. The predicted molar refractivity (Wildman–Crippen MR) is 138 cm³/mol. The third-order valence-electron chi connectivity index (χ3n) is 7.11. The summed E-state index contributed by atoms with van der Waals surface area (Å²) in [5.74, 6) is 0.641. The van der Waals surface area contributed by atoms with Crippen molar-refractivity contribution in [1.29, 1.82) is 0 Å². The molecule has 204 valence electrons. The largest absolute Gasteiger partial charge is 0.492 e. The van der Waals surface area contributed by atoms with Crippen molar-refractivity contribution < 1.29 is 27.4 Å². The van der Waals surface area contributed by atoms with E-state index in [4.69, 9.17) is 9.47 Å². The van der Waals surface area contributed by atoms with Crippen molar-refractivity contribution in [3.05, 3.63) is 64.2 Å². The molecule has 0 saturated carbocycles. The lowest BCUT2D eigenvalue weighted by Crippen LogP contribution is -2.49. The number of amides is 1. The molecule has 0 aliphatic carbocycles. The fraction of sp³-hybridized carbons (Fsp3) is 0.536. The van der Waals surface area contributed by atoms with Crippen LogP contribution in [0.5, 0.6) is 5.75 Å². The topological polar surface area (TPSA) is 54.0 Å². The first-order valence-electron chi connectivity index (χ1n) is 12.7. The summed E-state index contributed by atoms with van der Waals surface area (Å²) in [6.45, 7) is 12.8. The van der Waals surface area contributed by atoms with Gasteiger partial charge in [0.2, 0.25) is 0 Å². The van der Waals surface area contributed by atoms with Crippen molar-refractivity contribution in [3.63, 3.8) is 0 Å². The molecule has 1 aliphatic rings. The Kier molecular flexibility index (Phi) is 9.98. The zero-order valence-electron chi connectivity index (χ0n) is 22.3. The maximum Gasteiger partial charge on any atom is 0.416 e. The summed E-state index contributed by atoms with van der Waals surface area (Å²) in [5.41, 5.74) is 3.05. The van der Waals surface area contributed by atoms with Crippen LogP contribution in [0.1, 0.15) is 52.5 Å². The highest BCUT2D eigenvalue weighted by atomic mass is 19.4. The van der Waals surface area contributed by atoms with Crippen LogP contribution in [0.3, 0.4) is 0 Å². The molecule has 1 fully saturated rings. The number of rotatable bonds is 10. The van der Waals surface area contributed by atoms with E-state index in [1.165, 1.54) is 23.3 Å². The van der Waals surface area contributed by atoms with Crippen molar-refractivity contribution >= 4 is 5.91 Å². The minimum Gasteiger partial charge on any atom is -0.492 e. The van der Waals surface area contributed by atoms with Crippen molar-refractivity contribution in [2.24, 2.45) is 0 Å². The summed E-state index contributed by atoms with van der Waals surface area (Å²) in [6, 6.07) is 9.00. The van der Waals surface area contributed by atoms with Gasteiger partial charge in [0.1, 0.15) is 12.4 Å². The molecular formula is C28H38F3N3O3. The molecule has 0 radical (unpaired) electrons. The summed E-state index contributed by atoms with van der Waals surface area (Å²) in [6.07, 6.45) is -4.41. The first-order valence-corrected chi connectivity index (χ1v) is 12.7. The maximum atomic E-state index is 12.8. The van der Waals surface area contributed by atoms with Gasteiger partial charge in [-0.1, -0.05) is 6.07 Å². The van der Waals surface area contributed by atoms with Gasteiger partial charge in [-0.3, -0.25) is 9.69 Å². The fourth-order valence-electron chi connectivity index (χ4n) is 4.69. The molecule has 2 aromatic rings. The number of hydrogen-bond acceptors (Lipinski definition) is 5. The number of hydrogen-bond donors (Lipinski definition) is 1. The summed E-state index contributed by atoms with van der Waals surface area (Å²) >= 11 is 0. The van der Waals surface area contributed by atoms with E-state index >= 15 is 0 Å². The number of ether oxygens (including phenoxy) is 2. The number of halogens is 3. The number of nitrogens with zero attached hydrogens (tertiary/aromatic N) is 2. The Morgan fingerprint density at radius 1 is 1.00 bits per heavy atom. The molecule has 0 spiro atoms. The normalized spacial score (nSPS) is 16.5. The molecule has 2 aromatic carbocycles. The molecule has 0 bridgehead atoms. The van der Waals surface area contributed by atoms with Gasteiger partial charge in [-0.2, -0.15) is 13.2 Å². The van der Waals surface area contributed by atoms with E-state index < -0.39 is 11.7 Å². The summed E-state index contributed by atoms with van der Waals surface area (Å²) < 4.78 is 49.6. The number of carbonyl (C=O) groups excluding carboxylic acids is 1. The van der Waals surface area contributed by atoms with Crippen molar-refractivity contribution in [2.45, 2.75) is 46.0 Å². The molecule has 9 heteroatoms. The highest BCUT2D eigenvalue weighted by molar-refractivity contribution is 5.94. The first kappa shape index (κ1) is 28.9. The monoisotopic (exact) mass is 521 g/mol. The van der Waals surface area contributed by atoms with Gasteiger partial charge < -0.3 is 19.7 Å². The lowest BCUT2D eigenvalue weighted by Gasteiger charge is -2.39. The van der Waals surface area contributed by atoms with Crippen LogP contribution in [0, 0.1) is 13.8 Å². The third-order valence-corrected chi connectivity index (χ3v) is 7.11. The minimum absolute atomic E-state index is 0.160. The van der Waals surface area contributed by atoms with E-state index in [9.17, 15) is 18.0 Å². The maximum absolute atomic E-state index is 12.8. The second-order valence-electron chi connectivity index (χ2n) is 9.64. The quantitative estimate of drug-likeness (QED) is 0.454. The van der Waals surface area contributed by atoms with Gasteiger partial charge in [0.05, 0.1) is 12.2 Å². The van der Waals surface area contributed by atoms with Crippen LogP contribution in [0.2, 0.25) is 0 Å². The molecule has 1 saturated heterocycles. The molecular weight excluding hydrogens is 483 g/mol. The molecule has 2 atom stereocenters. The van der Waals surface area contributed by atoms with Crippen LogP contribution in [0.15, 0.2) is 36.4 Å². The Labute approximate surface area is 217 Å². The molecule has 6 nitrogen and oxygen atoms in total. The van der Waals surface area contributed by atoms with E-state index in [0.717, 1.165) is 30.0 Å². The summed E-state index contributed by atoms with van der Waals surface area (Å²) in [5, 5.41) is 3.36. The van der Waals surface area contributed by atoms with Gasteiger partial charge in [0.15, 0.2) is 0 Å². The molecule has 1 amide bonds. The highest BCUT2D eigenvalue weighted by Gasteiger charge is 2.31. The van der Waals surface area contributed by atoms with Crippen molar-refractivity contribution in [1.82, 2.24) is 15.1 Å². The van der Waals surface area contributed by atoms with E-state index in [-0.39, 0.29) is 23.6 Å². The number of carbonyl (C=O) groups is 1. The van der Waals surface area contributed by atoms with Gasteiger partial charge in [-0.25, -0.2) is 0 Å². The Hall–Kier alpha value is -2.62. The van der Waals surface area contributed by atoms with Crippen LogP contribution in [0.25, 0.3) is 0 Å². The van der Waals surface area contributed by atoms with Crippen LogP contribution in [0.4, 0.5) is 13.2 Å².